The Bertz CT molecular complexity index is 625. The molecule has 0 bridgehead atoms. The Labute approximate surface area is 134 Å². The summed E-state index contributed by atoms with van der Waals surface area (Å²) in [4.78, 5) is 35.6. The molecule has 7 nitrogen and oxygen atoms in total. The second kappa shape index (κ2) is 7.53. The lowest BCUT2D eigenvalue weighted by atomic mass is 10.1. The Morgan fingerprint density at radius 2 is 1.91 bits per heavy atom. The number of rotatable bonds is 5. The lowest BCUT2D eigenvalue weighted by Crippen LogP contribution is -2.44. The van der Waals surface area contributed by atoms with Crippen LogP contribution in [0.4, 0.5) is 5.69 Å². The highest BCUT2D eigenvalue weighted by molar-refractivity contribution is 6.40. The van der Waals surface area contributed by atoms with Crippen molar-refractivity contribution in [2.24, 2.45) is 5.10 Å². The van der Waals surface area contributed by atoms with E-state index in [0.29, 0.717) is 5.69 Å². The molecule has 2 rings (SSSR count). The van der Waals surface area contributed by atoms with E-state index >= 15 is 0 Å². The first kappa shape index (κ1) is 16.7. The zero-order valence-electron chi connectivity index (χ0n) is 13.2. The van der Waals surface area contributed by atoms with Crippen LogP contribution in [0.5, 0.6) is 0 Å². The van der Waals surface area contributed by atoms with Crippen LogP contribution in [0.2, 0.25) is 0 Å². The fourth-order valence-electron chi connectivity index (χ4n) is 2.12. The second-order valence-corrected chi connectivity index (χ2v) is 5.49. The van der Waals surface area contributed by atoms with Gasteiger partial charge >= 0.3 is 0 Å². The maximum Gasteiger partial charge on any atom is 0.267 e. The Morgan fingerprint density at radius 3 is 2.57 bits per heavy atom. The van der Waals surface area contributed by atoms with E-state index in [9.17, 15) is 14.4 Å². The topological polar surface area (TPSA) is 90.9 Å². The van der Waals surface area contributed by atoms with Crippen molar-refractivity contribution in [1.29, 1.82) is 0 Å². The van der Waals surface area contributed by atoms with Crippen LogP contribution in [-0.2, 0) is 14.4 Å². The molecule has 0 atom stereocenters. The molecule has 2 N–H and O–H groups in total. The number of nitrogens with zero attached hydrogens (tertiary/aromatic N) is 2. The molecule has 0 fully saturated rings. The van der Waals surface area contributed by atoms with Gasteiger partial charge in [0.15, 0.2) is 0 Å². The van der Waals surface area contributed by atoms with Gasteiger partial charge in [0.05, 0.1) is 12.2 Å². The number of carbonyl (C=O) groups excluding carboxylic acids is 3. The monoisotopic (exact) mass is 316 g/mol. The standard InChI is InChI=1S/C16H20N4O3/c1-11(2)18-14(21)10-17-16(23)13-8-9-15(22)20(19-13)12-6-4-3-5-7-12/h3-7,11H,8-10H2,1-2H3,(H,17,23)(H,18,21). The molecule has 3 amide bonds. The first-order chi connectivity index (χ1) is 11.0. The van der Waals surface area contributed by atoms with Crippen LogP contribution in [0, 0.1) is 0 Å². The quantitative estimate of drug-likeness (QED) is 0.842. The fraction of sp³-hybridized carbons (Fsp3) is 0.375. The van der Waals surface area contributed by atoms with Gasteiger partial charge in [-0.2, -0.15) is 5.10 Å². The van der Waals surface area contributed by atoms with Crippen LogP contribution >= 0.6 is 0 Å². The van der Waals surface area contributed by atoms with Gasteiger partial charge in [0.1, 0.15) is 5.71 Å². The van der Waals surface area contributed by atoms with Gasteiger partial charge in [-0.1, -0.05) is 18.2 Å². The van der Waals surface area contributed by atoms with Crippen molar-refractivity contribution in [1.82, 2.24) is 10.6 Å². The molecule has 0 spiro atoms. The van der Waals surface area contributed by atoms with Crippen molar-refractivity contribution < 1.29 is 14.4 Å². The number of anilines is 1. The molecular formula is C16H20N4O3. The highest BCUT2D eigenvalue weighted by Gasteiger charge is 2.25. The Balaban J connectivity index is 2.02. The van der Waals surface area contributed by atoms with E-state index in [0.717, 1.165) is 0 Å². The molecule has 0 aliphatic carbocycles. The minimum absolute atomic E-state index is 0.0117. The Kier molecular flexibility index (Phi) is 5.46. The molecule has 1 aromatic carbocycles. The van der Waals surface area contributed by atoms with E-state index in [2.05, 4.69) is 15.7 Å². The lowest BCUT2D eigenvalue weighted by Gasteiger charge is -2.23. The highest BCUT2D eigenvalue weighted by atomic mass is 16.2. The summed E-state index contributed by atoms with van der Waals surface area (Å²) in [7, 11) is 0. The van der Waals surface area contributed by atoms with Crippen LogP contribution in [0.25, 0.3) is 0 Å². The molecule has 1 aliphatic heterocycles. The number of benzene rings is 1. The van der Waals surface area contributed by atoms with Crippen LogP contribution in [0.3, 0.4) is 0 Å². The van der Waals surface area contributed by atoms with Crippen molar-refractivity contribution in [3.05, 3.63) is 30.3 Å². The van der Waals surface area contributed by atoms with Gasteiger partial charge in [-0.15, -0.1) is 0 Å². The van der Waals surface area contributed by atoms with Crippen LogP contribution in [0.15, 0.2) is 35.4 Å². The number of hydrogen-bond acceptors (Lipinski definition) is 4. The molecule has 122 valence electrons. The molecule has 0 saturated heterocycles. The smallest absolute Gasteiger partial charge is 0.267 e. The largest absolute Gasteiger partial charge is 0.352 e. The summed E-state index contributed by atoms with van der Waals surface area (Å²) in [6.45, 7) is 3.57. The van der Waals surface area contributed by atoms with E-state index in [1.54, 1.807) is 24.3 Å². The number of para-hydroxylation sites is 1. The van der Waals surface area contributed by atoms with Gasteiger partial charge < -0.3 is 10.6 Å². The number of hydrogen-bond donors (Lipinski definition) is 2. The number of hydrazone groups is 1. The summed E-state index contributed by atoms with van der Waals surface area (Å²) in [6.07, 6.45) is 0.471. The molecule has 0 radical (unpaired) electrons. The van der Waals surface area contributed by atoms with E-state index in [1.807, 2.05) is 19.9 Å². The lowest BCUT2D eigenvalue weighted by molar-refractivity contribution is -0.124. The van der Waals surface area contributed by atoms with Crippen molar-refractivity contribution in [2.75, 3.05) is 11.6 Å². The average molecular weight is 316 g/mol. The van der Waals surface area contributed by atoms with Gasteiger partial charge in [0, 0.05) is 18.9 Å². The number of carbonyl (C=O) groups is 3. The molecule has 0 aromatic heterocycles. The van der Waals surface area contributed by atoms with Gasteiger partial charge in [0.25, 0.3) is 5.91 Å². The van der Waals surface area contributed by atoms with Gasteiger partial charge in [-0.05, 0) is 26.0 Å². The third-order valence-electron chi connectivity index (χ3n) is 3.15. The summed E-state index contributed by atoms with van der Waals surface area (Å²) in [5, 5.41) is 10.6. The predicted octanol–water partition coefficient (Wildman–Crippen LogP) is 0.810. The van der Waals surface area contributed by atoms with Crippen molar-refractivity contribution >= 4 is 29.1 Å². The third-order valence-corrected chi connectivity index (χ3v) is 3.15. The highest BCUT2D eigenvalue weighted by Crippen LogP contribution is 2.19. The molecule has 1 heterocycles. The maximum absolute atomic E-state index is 12.1. The maximum atomic E-state index is 12.1. The summed E-state index contributed by atoms with van der Waals surface area (Å²) in [5.74, 6) is -0.858. The molecular weight excluding hydrogens is 296 g/mol. The normalized spacial score (nSPS) is 14.5. The van der Waals surface area contributed by atoms with Crippen LogP contribution in [-0.4, -0.2) is 36.0 Å². The second-order valence-electron chi connectivity index (χ2n) is 5.49. The molecule has 0 unspecified atom stereocenters. The van der Waals surface area contributed by atoms with Crippen molar-refractivity contribution in [3.63, 3.8) is 0 Å². The minimum atomic E-state index is -0.433. The van der Waals surface area contributed by atoms with Gasteiger partial charge in [-0.3, -0.25) is 14.4 Å². The zero-order valence-corrected chi connectivity index (χ0v) is 13.2. The van der Waals surface area contributed by atoms with E-state index in [-0.39, 0.29) is 43.0 Å². The SMILES string of the molecule is CC(C)NC(=O)CNC(=O)C1=NN(c2ccccc2)C(=O)CC1. The summed E-state index contributed by atoms with van der Waals surface area (Å²) < 4.78 is 0. The van der Waals surface area contributed by atoms with Crippen molar-refractivity contribution in [2.45, 2.75) is 32.7 Å². The summed E-state index contributed by atoms with van der Waals surface area (Å²) in [6, 6.07) is 8.93. The predicted molar refractivity (Wildman–Crippen MR) is 86.9 cm³/mol. The van der Waals surface area contributed by atoms with E-state index < -0.39 is 5.91 Å². The molecule has 0 saturated carbocycles. The van der Waals surface area contributed by atoms with Crippen LogP contribution < -0.4 is 15.6 Å². The molecule has 1 aromatic rings. The Hall–Kier alpha value is -2.70. The first-order valence-electron chi connectivity index (χ1n) is 7.50. The van der Waals surface area contributed by atoms with E-state index in [4.69, 9.17) is 0 Å². The molecule has 1 aliphatic rings. The third kappa shape index (κ3) is 4.64. The first-order valence-corrected chi connectivity index (χ1v) is 7.50. The van der Waals surface area contributed by atoms with Gasteiger partial charge in [0.2, 0.25) is 11.8 Å². The Morgan fingerprint density at radius 1 is 1.22 bits per heavy atom. The van der Waals surface area contributed by atoms with Crippen LogP contribution in [0.1, 0.15) is 26.7 Å². The van der Waals surface area contributed by atoms with Gasteiger partial charge in [-0.25, -0.2) is 5.01 Å². The summed E-state index contributed by atoms with van der Waals surface area (Å²) in [5.41, 5.74) is 0.853. The number of nitrogens with one attached hydrogen (secondary N) is 2. The molecule has 23 heavy (non-hydrogen) atoms. The fourth-order valence-corrected chi connectivity index (χ4v) is 2.12. The minimum Gasteiger partial charge on any atom is -0.352 e. The van der Waals surface area contributed by atoms with Crippen molar-refractivity contribution in [3.8, 4) is 0 Å². The summed E-state index contributed by atoms with van der Waals surface area (Å²) >= 11 is 0. The average Bonchev–Trinajstić information content (AvgIpc) is 2.53. The molecule has 7 heteroatoms. The van der Waals surface area contributed by atoms with E-state index in [1.165, 1.54) is 5.01 Å². The zero-order chi connectivity index (χ0) is 16.8. The number of amides is 3.